The molecule has 2 aliphatic heterocycles. The number of halogens is 1. The van der Waals surface area contributed by atoms with E-state index in [9.17, 15) is 9.59 Å². The molecule has 0 bridgehead atoms. The Morgan fingerprint density at radius 3 is 2.63 bits per heavy atom. The van der Waals surface area contributed by atoms with Crippen molar-refractivity contribution in [3.63, 3.8) is 0 Å². The maximum absolute atomic E-state index is 12.5. The van der Waals surface area contributed by atoms with Gasteiger partial charge in [0.25, 0.3) is 11.8 Å². The van der Waals surface area contributed by atoms with E-state index in [-0.39, 0.29) is 24.2 Å². The van der Waals surface area contributed by atoms with E-state index in [4.69, 9.17) is 4.74 Å². The monoisotopic (exact) mass is 391 g/mol. The second kappa shape index (κ2) is 8.51. The van der Waals surface area contributed by atoms with E-state index in [1.807, 2.05) is 0 Å². The highest BCUT2D eigenvalue weighted by atomic mass is 35.5. The molecule has 1 aromatic heterocycles. The molecule has 2 amide bonds. The van der Waals surface area contributed by atoms with Crippen LogP contribution in [-0.4, -0.2) is 59.8 Å². The van der Waals surface area contributed by atoms with Gasteiger partial charge in [0.15, 0.2) is 5.69 Å². The predicted octanol–water partition coefficient (Wildman–Crippen LogP) is 1.20. The standard InChI is InChI=1S/C18H21N5O3.ClH/c24-17(16-14-11-19-6-5-15(14)21-22-16)20-13-3-1-12(2-4-13)18(25)23-7-9-26-10-8-23;/h1-4,19H,5-11H2,(H,20,24)(H,21,22);1H. The maximum atomic E-state index is 12.5. The second-order valence-electron chi connectivity index (χ2n) is 6.39. The zero-order chi connectivity index (χ0) is 17.9. The summed E-state index contributed by atoms with van der Waals surface area (Å²) in [5.41, 5.74) is 3.59. The minimum atomic E-state index is -0.251. The number of ether oxygens (including phenoxy) is 1. The fourth-order valence-corrected chi connectivity index (χ4v) is 3.25. The molecular weight excluding hydrogens is 370 g/mol. The molecular formula is C18H22ClN5O3. The lowest BCUT2D eigenvalue weighted by Crippen LogP contribution is -2.40. The summed E-state index contributed by atoms with van der Waals surface area (Å²) < 4.78 is 5.27. The van der Waals surface area contributed by atoms with Crippen LogP contribution in [0.3, 0.4) is 0 Å². The zero-order valence-electron chi connectivity index (χ0n) is 14.8. The van der Waals surface area contributed by atoms with Crippen LogP contribution in [0.2, 0.25) is 0 Å². The van der Waals surface area contributed by atoms with Gasteiger partial charge in [0.05, 0.1) is 13.2 Å². The molecule has 1 saturated heterocycles. The molecule has 0 atom stereocenters. The molecule has 2 aromatic rings. The quantitative estimate of drug-likeness (QED) is 0.730. The lowest BCUT2D eigenvalue weighted by atomic mass is 10.1. The van der Waals surface area contributed by atoms with E-state index in [1.165, 1.54) is 0 Å². The van der Waals surface area contributed by atoms with Gasteiger partial charge < -0.3 is 20.3 Å². The number of nitrogens with one attached hydrogen (secondary N) is 3. The summed E-state index contributed by atoms with van der Waals surface area (Å²) in [6.07, 6.45) is 0.841. The topological polar surface area (TPSA) is 99.3 Å². The number of carbonyl (C=O) groups is 2. The minimum absolute atomic E-state index is 0. The van der Waals surface area contributed by atoms with Crippen molar-refractivity contribution in [1.82, 2.24) is 20.4 Å². The van der Waals surface area contributed by atoms with Crippen molar-refractivity contribution >= 4 is 29.9 Å². The van der Waals surface area contributed by atoms with Crippen LogP contribution in [0.15, 0.2) is 24.3 Å². The molecule has 4 rings (SSSR count). The number of carbonyl (C=O) groups excluding carboxylic acids is 2. The number of fused-ring (bicyclic) bond motifs is 1. The van der Waals surface area contributed by atoms with Gasteiger partial charge in [0, 0.05) is 55.1 Å². The number of hydrogen-bond donors (Lipinski definition) is 3. The number of rotatable bonds is 3. The lowest BCUT2D eigenvalue weighted by Gasteiger charge is -2.26. The molecule has 0 radical (unpaired) electrons. The maximum Gasteiger partial charge on any atom is 0.276 e. The summed E-state index contributed by atoms with van der Waals surface area (Å²) in [6.45, 7) is 3.88. The largest absolute Gasteiger partial charge is 0.378 e. The highest BCUT2D eigenvalue weighted by Crippen LogP contribution is 2.18. The highest BCUT2D eigenvalue weighted by molar-refractivity contribution is 6.04. The smallest absolute Gasteiger partial charge is 0.276 e. The van der Waals surface area contributed by atoms with Crippen molar-refractivity contribution in [3.05, 3.63) is 46.8 Å². The number of nitrogens with zero attached hydrogens (tertiary/aromatic N) is 2. The molecule has 8 nitrogen and oxygen atoms in total. The fraction of sp³-hybridized carbons (Fsp3) is 0.389. The number of anilines is 1. The first kappa shape index (κ1) is 19.3. The zero-order valence-corrected chi connectivity index (χ0v) is 15.6. The summed E-state index contributed by atoms with van der Waals surface area (Å²) in [6, 6.07) is 6.94. The van der Waals surface area contributed by atoms with Gasteiger partial charge in [-0.25, -0.2) is 0 Å². The summed E-state index contributed by atoms with van der Waals surface area (Å²) >= 11 is 0. The van der Waals surface area contributed by atoms with Crippen LogP contribution in [0.5, 0.6) is 0 Å². The molecule has 3 N–H and O–H groups in total. The molecule has 0 aliphatic carbocycles. The average molecular weight is 392 g/mol. The van der Waals surface area contributed by atoms with E-state index in [2.05, 4.69) is 20.8 Å². The Bertz CT molecular complexity index is 815. The van der Waals surface area contributed by atoms with Crippen molar-refractivity contribution in [1.29, 1.82) is 0 Å². The van der Waals surface area contributed by atoms with Crippen LogP contribution in [0.25, 0.3) is 0 Å². The predicted molar refractivity (Wildman–Crippen MR) is 102 cm³/mol. The third kappa shape index (κ3) is 4.13. The Morgan fingerprint density at radius 1 is 1.15 bits per heavy atom. The van der Waals surface area contributed by atoms with Gasteiger partial charge in [0.2, 0.25) is 0 Å². The van der Waals surface area contributed by atoms with E-state index < -0.39 is 0 Å². The van der Waals surface area contributed by atoms with Gasteiger partial charge >= 0.3 is 0 Å². The Kier molecular flexibility index (Phi) is 6.10. The number of H-pyrrole nitrogens is 1. The van der Waals surface area contributed by atoms with Crippen LogP contribution in [-0.2, 0) is 17.7 Å². The van der Waals surface area contributed by atoms with Crippen molar-refractivity contribution in [2.24, 2.45) is 0 Å². The van der Waals surface area contributed by atoms with Gasteiger partial charge in [-0.3, -0.25) is 14.7 Å². The van der Waals surface area contributed by atoms with Gasteiger partial charge in [-0.15, -0.1) is 12.4 Å². The molecule has 0 saturated carbocycles. The van der Waals surface area contributed by atoms with Crippen molar-refractivity contribution in [3.8, 4) is 0 Å². The van der Waals surface area contributed by atoms with Crippen molar-refractivity contribution < 1.29 is 14.3 Å². The van der Waals surface area contributed by atoms with E-state index >= 15 is 0 Å². The fourth-order valence-electron chi connectivity index (χ4n) is 3.25. The minimum Gasteiger partial charge on any atom is -0.378 e. The van der Waals surface area contributed by atoms with Crippen molar-refractivity contribution in [2.45, 2.75) is 13.0 Å². The molecule has 0 spiro atoms. The average Bonchev–Trinajstić information content (AvgIpc) is 3.13. The lowest BCUT2D eigenvalue weighted by molar-refractivity contribution is 0.0303. The first-order chi connectivity index (χ1) is 12.7. The third-order valence-electron chi connectivity index (χ3n) is 4.71. The van der Waals surface area contributed by atoms with Crippen LogP contribution >= 0.6 is 12.4 Å². The van der Waals surface area contributed by atoms with Crippen LogP contribution in [0.4, 0.5) is 5.69 Å². The Balaban J connectivity index is 0.00000210. The Labute approximate surface area is 163 Å². The van der Waals surface area contributed by atoms with E-state index in [0.717, 1.165) is 24.2 Å². The molecule has 27 heavy (non-hydrogen) atoms. The normalized spacial score (nSPS) is 16.2. The molecule has 0 unspecified atom stereocenters. The summed E-state index contributed by atoms with van der Waals surface area (Å²) in [5, 5.41) is 13.2. The van der Waals surface area contributed by atoms with Crippen LogP contribution < -0.4 is 10.6 Å². The van der Waals surface area contributed by atoms with E-state index in [0.29, 0.717) is 49.8 Å². The van der Waals surface area contributed by atoms with Crippen molar-refractivity contribution in [2.75, 3.05) is 38.2 Å². The first-order valence-corrected chi connectivity index (χ1v) is 8.77. The van der Waals surface area contributed by atoms with Gasteiger partial charge in [-0.2, -0.15) is 5.10 Å². The summed E-state index contributed by atoms with van der Waals surface area (Å²) in [4.78, 5) is 26.7. The Morgan fingerprint density at radius 2 is 1.89 bits per heavy atom. The third-order valence-corrected chi connectivity index (χ3v) is 4.71. The molecule has 9 heteroatoms. The van der Waals surface area contributed by atoms with Crippen LogP contribution in [0.1, 0.15) is 32.1 Å². The highest BCUT2D eigenvalue weighted by Gasteiger charge is 2.22. The SMILES string of the molecule is Cl.O=C(Nc1ccc(C(=O)N2CCOCC2)cc1)c1n[nH]c2c1CNCC2. The molecule has 1 aromatic carbocycles. The first-order valence-electron chi connectivity index (χ1n) is 8.77. The number of aromatic amines is 1. The van der Waals surface area contributed by atoms with Crippen LogP contribution in [0, 0.1) is 0 Å². The summed E-state index contributed by atoms with van der Waals surface area (Å²) in [7, 11) is 0. The number of amides is 2. The molecule has 2 aliphatic rings. The number of morpholine rings is 1. The molecule has 144 valence electrons. The van der Waals surface area contributed by atoms with E-state index in [1.54, 1.807) is 29.2 Å². The number of aromatic nitrogens is 2. The van der Waals surface area contributed by atoms with Gasteiger partial charge in [0.1, 0.15) is 0 Å². The second-order valence-corrected chi connectivity index (χ2v) is 6.39. The molecule has 1 fully saturated rings. The van der Waals surface area contributed by atoms with Gasteiger partial charge in [-0.1, -0.05) is 0 Å². The molecule has 3 heterocycles. The summed E-state index contributed by atoms with van der Waals surface area (Å²) in [5.74, 6) is -0.267. The Hall–Kier alpha value is -2.42. The number of hydrogen-bond acceptors (Lipinski definition) is 5. The van der Waals surface area contributed by atoms with Gasteiger partial charge in [-0.05, 0) is 24.3 Å². The number of benzene rings is 1.